The predicted octanol–water partition coefficient (Wildman–Crippen LogP) is 4.26. The molecule has 0 saturated carbocycles. The van der Waals surface area contributed by atoms with Gasteiger partial charge in [0.2, 0.25) is 0 Å². The number of para-hydroxylation sites is 1. The van der Waals surface area contributed by atoms with Crippen molar-refractivity contribution in [1.29, 1.82) is 5.53 Å². The van der Waals surface area contributed by atoms with Crippen LogP contribution in [0.5, 0.6) is 0 Å². The lowest BCUT2D eigenvalue weighted by molar-refractivity contribution is 0.0269. The van der Waals surface area contributed by atoms with E-state index in [1.165, 1.54) is 0 Å². The summed E-state index contributed by atoms with van der Waals surface area (Å²) in [4.78, 5) is 14.6. The van der Waals surface area contributed by atoms with E-state index in [4.69, 9.17) is 10.3 Å². The standard InChI is InChI=1S/C22H24N6O2/c1-30-17-5-4-12-28(14-17)22(29)15-8-10-16(11-9-15)24-13-20(25-23)21-18-6-2-3-7-19(18)26-27-21/h2-3,6-11,13,17,23-24H,4-5,12,14H2,1H3,(H,26,27)/b20-13-,25-23?. The van der Waals surface area contributed by atoms with Crippen molar-refractivity contribution in [3.8, 4) is 0 Å². The molecular weight excluding hydrogens is 380 g/mol. The number of carbonyl (C=O) groups excluding carboxylic acids is 1. The third-order valence-electron chi connectivity index (χ3n) is 5.34. The van der Waals surface area contributed by atoms with Gasteiger partial charge in [0.05, 0.1) is 11.6 Å². The van der Waals surface area contributed by atoms with Crippen molar-refractivity contribution in [2.45, 2.75) is 18.9 Å². The van der Waals surface area contributed by atoms with Gasteiger partial charge < -0.3 is 15.0 Å². The Labute approximate surface area is 174 Å². The van der Waals surface area contributed by atoms with Gasteiger partial charge in [-0.2, -0.15) is 10.2 Å². The molecule has 3 aromatic rings. The molecule has 0 radical (unpaired) electrons. The van der Waals surface area contributed by atoms with Crippen LogP contribution in [0.15, 0.2) is 59.8 Å². The van der Waals surface area contributed by atoms with E-state index in [2.05, 4.69) is 20.6 Å². The van der Waals surface area contributed by atoms with E-state index in [0.29, 0.717) is 23.5 Å². The summed E-state index contributed by atoms with van der Waals surface area (Å²) in [7, 11) is 1.69. The Bertz CT molecular complexity index is 1070. The van der Waals surface area contributed by atoms with Gasteiger partial charge in [0, 0.05) is 43.0 Å². The maximum Gasteiger partial charge on any atom is 0.253 e. The van der Waals surface area contributed by atoms with Crippen LogP contribution < -0.4 is 5.32 Å². The molecule has 4 rings (SSSR count). The van der Waals surface area contributed by atoms with E-state index in [1.54, 1.807) is 25.4 Å². The van der Waals surface area contributed by atoms with Gasteiger partial charge in [0.15, 0.2) is 0 Å². The van der Waals surface area contributed by atoms with E-state index in [0.717, 1.165) is 36.0 Å². The normalized spacial score (nSPS) is 17.2. The molecule has 1 saturated heterocycles. The molecule has 1 unspecified atom stereocenters. The van der Waals surface area contributed by atoms with Crippen LogP contribution in [0.4, 0.5) is 5.69 Å². The van der Waals surface area contributed by atoms with Crippen LogP contribution in [0, 0.1) is 5.53 Å². The molecule has 1 aliphatic rings. The minimum Gasteiger partial charge on any atom is -0.380 e. The highest BCUT2D eigenvalue weighted by Gasteiger charge is 2.24. The summed E-state index contributed by atoms with van der Waals surface area (Å²) in [6, 6.07) is 15.0. The molecule has 1 atom stereocenters. The maximum absolute atomic E-state index is 12.8. The molecule has 0 bridgehead atoms. The number of anilines is 1. The van der Waals surface area contributed by atoms with Gasteiger partial charge in [-0.15, -0.1) is 0 Å². The lowest BCUT2D eigenvalue weighted by atomic mass is 10.1. The highest BCUT2D eigenvalue weighted by molar-refractivity contribution is 5.94. The predicted molar refractivity (Wildman–Crippen MR) is 115 cm³/mol. The zero-order valence-corrected chi connectivity index (χ0v) is 16.8. The number of likely N-dealkylation sites (tertiary alicyclic amines) is 1. The molecule has 2 aromatic carbocycles. The lowest BCUT2D eigenvalue weighted by Crippen LogP contribution is -2.42. The molecule has 0 aliphatic carbocycles. The monoisotopic (exact) mass is 404 g/mol. The molecule has 30 heavy (non-hydrogen) atoms. The molecule has 8 heteroatoms. The first-order valence-electron chi connectivity index (χ1n) is 9.89. The number of nitrogens with one attached hydrogen (secondary N) is 3. The van der Waals surface area contributed by atoms with Gasteiger partial charge in [-0.05, 0) is 43.2 Å². The number of rotatable bonds is 6. The molecule has 3 N–H and O–H groups in total. The summed E-state index contributed by atoms with van der Waals surface area (Å²) in [5.74, 6) is 0.0173. The number of carbonyl (C=O) groups is 1. The number of methoxy groups -OCH3 is 1. The van der Waals surface area contributed by atoms with Crippen LogP contribution in [-0.2, 0) is 4.74 Å². The fraction of sp³-hybridized carbons (Fsp3) is 0.273. The number of amides is 1. The van der Waals surface area contributed by atoms with Crippen LogP contribution in [0.3, 0.4) is 0 Å². The Morgan fingerprint density at radius 2 is 2.10 bits per heavy atom. The van der Waals surface area contributed by atoms with Crippen LogP contribution in [0.25, 0.3) is 16.6 Å². The summed E-state index contributed by atoms with van der Waals surface area (Å²) < 4.78 is 5.41. The second-order valence-corrected chi connectivity index (χ2v) is 7.23. The topological polar surface area (TPSA) is 106 Å². The number of hydrogen-bond acceptors (Lipinski definition) is 6. The summed E-state index contributed by atoms with van der Waals surface area (Å²) >= 11 is 0. The number of piperidine rings is 1. The zero-order valence-electron chi connectivity index (χ0n) is 16.8. The Kier molecular flexibility index (Phi) is 5.85. The second kappa shape index (κ2) is 8.87. The Morgan fingerprint density at radius 3 is 2.87 bits per heavy atom. The number of aromatic nitrogens is 2. The fourth-order valence-corrected chi connectivity index (χ4v) is 3.67. The quantitative estimate of drug-likeness (QED) is 0.534. The van der Waals surface area contributed by atoms with Crippen molar-refractivity contribution in [3.05, 3.63) is 66.0 Å². The first-order chi connectivity index (χ1) is 14.7. The van der Waals surface area contributed by atoms with Crippen LogP contribution in [0.1, 0.15) is 28.9 Å². The number of benzene rings is 2. The van der Waals surface area contributed by atoms with Gasteiger partial charge in [0.1, 0.15) is 11.4 Å². The molecule has 2 heterocycles. The largest absolute Gasteiger partial charge is 0.380 e. The molecule has 1 aromatic heterocycles. The minimum absolute atomic E-state index is 0.0173. The highest BCUT2D eigenvalue weighted by Crippen LogP contribution is 2.24. The summed E-state index contributed by atoms with van der Waals surface area (Å²) in [5, 5.41) is 14.9. The van der Waals surface area contributed by atoms with Crippen molar-refractivity contribution in [1.82, 2.24) is 15.1 Å². The van der Waals surface area contributed by atoms with Crippen molar-refractivity contribution < 1.29 is 9.53 Å². The van der Waals surface area contributed by atoms with Crippen molar-refractivity contribution in [2.24, 2.45) is 5.11 Å². The number of H-pyrrole nitrogens is 1. The van der Waals surface area contributed by atoms with Crippen LogP contribution in [-0.4, -0.2) is 47.3 Å². The van der Waals surface area contributed by atoms with Crippen molar-refractivity contribution >= 4 is 28.2 Å². The fourth-order valence-electron chi connectivity index (χ4n) is 3.67. The first kappa shape index (κ1) is 19.8. The average Bonchev–Trinajstić information content (AvgIpc) is 3.23. The average molecular weight is 404 g/mol. The van der Waals surface area contributed by atoms with Crippen molar-refractivity contribution in [3.63, 3.8) is 0 Å². The molecule has 154 valence electrons. The molecule has 8 nitrogen and oxygen atoms in total. The van der Waals surface area contributed by atoms with Gasteiger partial charge in [-0.3, -0.25) is 9.89 Å². The third kappa shape index (κ3) is 4.08. The van der Waals surface area contributed by atoms with Crippen molar-refractivity contribution in [2.75, 3.05) is 25.5 Å². The SMILES string of the molecule is COC1CCCN(C(=O)c2ccc(N/C=C(\N=N)c3n[nH]c4ccccc34)cc2)C1. The molecule has 0 spiro atoms. The molecule has 1 fully saturated rings. The number of aromatic amines is 1. The molecule has 1 aliphatic heterocycles. The number of hydrogen-bond donors (Lipinski definition) is 3. The lowest BCUT2D eigenvalue weighted by Gasteiger charge is -2.32. The van der Waals surface area contributed by atoms with E-state index < -0.39 is 0 Å². The van der Waals surface area contributed by atoms with E-state index in [9.17, 15) is 4.79 Å². The second-order valence-electron chi connectivity index (χ2n) is 7.23. The zero-order chi connectivity index (χ0) is 20.9. The number of ether oxygens (including phenoxy) is 1. The van der Waals surface area contributed by atoms with Gasteiger partial charge in [0.25, 0.3) is 5.91 Å². The van der Waals surface area contributed by atoms with E-state index in [1.807, 2.05) is 41.3 Å². The van der Waals surface area contributed by atoms with Crippen LogP contribution >= 0.6 is 0 Å². The summed E-state index contributed by atoms with van der Waals surface area (Å²) in [6.45, 7) is 1.39. The third-order valence-corrected chi connectivity index (χ3v) is 5.34. The van der Waals surface area contributed by atoms with E-state index >= 15 is 0 Å². The molecule has 1 amide bonds. The maximum atomic E-state index is 12.8. The Hall–Kier alpha value is -3.52. The van der Waals surface area contributed by atoms with Gasteiger partial charge >= 0.3 is 0 Å². The number of fused-ring (bicyclic) bond motifs is 1. The van der Waals surface area contributed by atoms with Gasteiger partial charge in [-0.25, -0.2) is 5.53 Å². The summed E-state index contributed by atoms with van der Waals surface area (Å²) in [5.41, 5.74) is 10.9. The van der Waals surface area contributed by atoms with E-state index in [-0.39, 0.29) is 12.0 Å². The summed E-state index contributed by atoms with van der Waals surface area (Å²) in [6.07, 6.45) is 3.69. The van der Waals surface area contributed by atoms with Crippen LogP contribution in [0.2, 0.25) is 0 Å². The first-order valence-corrected chi connectivity index (χ1v) is 9.89. The highest BCUT2D eigenvalue weighted by atomic mass is 16.5. The smallest absolute Gasteiger partial charge is 0.253 e. The minimum atomic E-state index is 0.0173. The molecular formula is C22H24N6O2. The van der Waals surface area contributed by atoms with Gasteiger partial charge in [-0.1, -0.05) is 18.2 Å². The Morgan fingerprint density at radius 1 is 1.30 bits per heavy atom. The Balaban J connectivity index is 1.46. The number of nitrogens with zero attached hydrogens (tertiary/aromatic N) is 3.